The molecular formula is C20H20ClNO6. The Bertz CT molecular complexity index is 854. The third-order valence-electron chi connectivity index (χ3n) is 4.02. The maximum absolute atomic E-state index is 12.2. The number of rotatable bonds is 7. The quantitative estimate of drug-likeness (QED) is 0.713. The van der Waals surface area contributed by atoms with E-state index in [9.17, 15) is 9.59 Å². The fourth-order valence-electron chi connectivity index (χ4n) is 2.47. The highest BCUT2D eigenvalue weighted by molar-refractivity contribution is 6.30. The van der Waals surface area contributed by atoms with Crippen molar-refractivity contribution in [3.63, 3.8) is 0 Å². The van der Waals surface area contributed by atoms with Crippen molar-refractivity contribution in [1.82, 2.24) is 5.32 Å². The molecule has 1 N–H and O–H groups in total. The topological polar surface area (TPSA) is 83.1 Å². The van der Waals surface area contributed by atoms with E-state index in [1.165, 1.54) is 6.92 Å². The van der Waals surface area contributed by atoms with Crippen LogP contribution >= 0.6 is 11.6 Å². The summed E-state index contributed by atoms with van der Waals surface area (Å²) in [5, 5.41) is 3.29. The molecular weight excluding hydrogens is 386 g/mol. The van der Waals surface area contributed by atoms with Gasteiger partial charge in [-0.1, -0.05) is 17.7 Å². The zero-order valence-electron chi connectivity index (χ0n) is 15.4. The van der Waals surface area contributed by atoms with Crippen LogP contribution in [0.15, 0.2) is 42.5 Å². The Morgan fingerprint density at radius 2 is 1.79 bits per heavy atom. The third-order valence-corrected chi connectivity index (χ3v) is 4.28. The number of hydrogen-bond acceptors (Lipinski definition) is 6. The minimum atomic E-state index is -0.960. The normalized spacial score (nSPS) is 14.1. The standard InChI is InChI=1S/C20H20ClNO6/c1-12(28-20(24)13(2)27-16-6-4-15(21)5-7-16)19(23)22-10-14-3-8-17-18(9-14)26-11-25-17/h3-9,12-13H,10-11H2,1-2H3,(H,22,23)/t12-,13+/m1/s1. The maximum atomic E-state index is 12.2. The highest BCUT2D eigenvalue weighted by Crippen LogP contribution is 2.32. The van der Waals surface area contributed by atoms with Crippen LogP contribution in [-0.2, 0) is 20.9 Å². The Labute approximate surface area is 167 Å². The van der Waals surface area contributed by atoms with Gasteiger partial charge in [0.1, 0.15) is 5.75 Å². The van der Waals surface area contributed by atoms with Crippen LogP contribution in [0.25, 0.3) is 0 Å². The molecule has 1 heterocycles. The van der Waals surface area contributed by atoms with Crippen molar-refractivity contribution < 1.29 is 28.5 Å². The number of benzene rings is 2. The molecule has 0 aromatic heterocycles. The van der Waals surface area contributed by atoms with E-state index in [0.29, 0.717) is 22.3 Å². The molecule has 148 valence electrons. The molecule has 2 atom stereocenters. The van der Waals surface area contributed by atoms with Gasteiger partial charge in [-0.3, -0.25) is 4.79 Å². The molecule has 0 unspecified atom stereocenters. The number of nitrogens with one attached hydrogen (secondary N) is 1. The lowest BCUT2D eigenvalue weighted by Crippen LogP contribution is -2.38. The number of halogens is 1. The van der Waals surface area contributed by atoms with Gasteiger partial charge in [0, 0.05) is 11.6 Å². The van der Waals surface area contributed by atoms with Crippen molar-refractivity contribution in [3.05, 3.63) is 53.1 Å². The molecule has 28 heavy (non-hydrogen) atoms. The maximum Gasteiger partial charge on any atom is 0.347 e. The molecule has 2 aromatic carbocycles. The van der Waals surface area contributed by atoms with Gasteiger partial charge < -0.3 is 24.3 Å². The second-order valence-corrected chi connectivity index (χ2v) is 6.63. The van der Waals surface area contributed by atoms with Gasteiger partial charge in [0.15, 0.2) is 23.7 Å². The number of hydrogen-bond donors (Lipinski definition) is 1. The molecule has 0 radical (unpaired) electrons. The van der Waals surface area contributed by atoms with E-state index in [1.54, 1.807) is 43.3 Å². The first-order valence-electron chi connectivity index (χ1n) is 8.71. The lowest BCUT2D eigenvalue weighted by Gasteiger charge is -2.18. The van der Waals surface area contributed by atoms with Gasteiger partial charge in [-0.05, 0) is 55.8 Å². The molecule has 1 aliphatic rings. The van der Waals surface area contributed by atoms with Crippen molar-refractivity contribution in [3.8, 4) is 17.2 Å². The van der Waals surface area contributed by atoms with E-state index >= 15 is 0 Å². The number of amides is 1. The number of esters is 1. The van der Waals surface area contributed by atoms with Gasteiger partial charge in [0.2, 0.25) is 6.79 Å². The summed E-state index contributed by atoms with van der Waals surface area (Å²) in [7, 11) is 0. The SMILES string of the molecule is C[C@H](Oc1ccc(Cl)cc1)C(=O)O[C@H](C)C(=O)NCc1ccc2c(c1)OCO2. The first-order valence-corrected chi connectivity index (χ1v) is 9.09. The van der Waals surface area contributed by atoms with Gasteiger partial charge >= 0.3 is 5.97 Å². The Hall–Kier alpha value is -2.93. The zero-order chi connectivity index (χ0) is 20.1. The smallest absolute Gasteiger partial charge is 0.347 e. The minimum Gasteiger partial charge on any atom is -0.479 e. The summed E-state index contributed by atoms with van der Waals surface area (Å²) < 4.78 is 21.2. The summed E-state index contributed by atoms with van der Waals surface area (Å²) in [5.41, 5.74) is 0.843. The molecule has 7 nitrogen and oxygen atoms in total. The molecule has 2 aromatic rings. The number of fused-ring (bicyclic) bond motifs is 1. The summed E-state index contributed by atoms with van der Waals surface area (Å²) in [6, 6.07) is 12.0. The van der Waals surface area contributed by atoms with Crippen molar-refractivity contribution in [2.45, 2.75) is 32.6 Å². The van der Waals surface area contributed by atoms with Crippen LogP contribution in [0.4, 0.5) is 0 Å². The molecule has 0 saturated carbocycles. The predicted molar refractivity (Wildman–Crippen MR) is 102 cm³/mol. The van der Waals surface area contributed by atoms with E-state index in [-0.39, 0.29) is 13.3 Å². The molecule has 1 amide bonds. The molecule has 0 bridgehead atoms. The van der Waals surface area contributed by atoms with Crippen LogP contribution < -0.4 is 19.5 Å². The minimum absolute atomic E-state index is 0.189. The Kier molecular flexibility index (Phi) is 6.26. The molecule has 0 aliphatic carbocycles. The van der Waals surface area contributed by atoms with Crippen LogP contribution in [0.2, 0.25) is 5.02 Å². The molecule has 0 spiro atoms. The van der Waals surface area contributed by atoms with E-state index < -0.39 is 24.1 Å². The van der Waals surface area contributed by atoms with Crippen molar-refractivity contribution in [1.29, 1.82) is 0 Å². The molecule has 3 rings (SSSR count). The van der Waals surface area contributed by atoms with Crippen LogP contribution in [0.5, 0.6) is 17.2 Å². The first-order chi connectivity index (χ1) is 13.4. The fourth-order valence-corrected chi connectivity index (χ4v) is 2.60. The van der Waals surface area contributed by atoms with Crippen LogP contribution in [0.1, 0.15) is 19.4 Å². The summed E-state index contributed by atoms with van der Waals surface area (Å²) in [6.45, 7) is 3.51. The summed E-state index contributed by atoms with van der Waals surface area (Å²) >= 11 is 5.81. The average molecular weight is 406 g/mol. The summed E-state index contributed by atoms with van der Waals surface area (Å²) in [5.74, 6) is 0.741. The zero-order valence-corrected chi connectivity index (χ0v) is 16.2. The van der Waals surface area contributed by atoms with E-state index in [4.69, 9.17) is 30.5 Å². The van der Waals surface area contributed by atoms with Crippen molar-refractivity contribution in [2.75, 3.05) is 6.79 Å². The van der Waals surface area contributed by atoms with Crippen molar-refractivity contribution in [2.24, 2.45) is 0 Å². The predicted octanol–water partition coefficient (Wildman–Crippen LogP) is 3.08. The fraction of sp³-hybridized carbons (Fsp3) is 0.300. The summed E-state index contributed by atoms with van der Waals surface area (Å²) in [4.78, 5) is 24.4. The third kappa shape index (κ3) is 5.07. The van der Waals surface area contributed by atoms with Crippen molar-refractivity contribution >= 4 is 23.5 Å². The van der Waals surface area contributed by atoms with Gasteiger partial charge in [-0.25, -0.2) is 4.79 Å². The van der Waals surface area contributed by atoms with Gasteiger partial charge in [0.25, 0.3) is 5.91 Å². The molecule has 1 aliphatic heterocycles. The largest absolute Gasteiger partial charge is 0.479 e. The molecule has 8 heteroatoms. The number of carbonyl (C=O) groups is 2. The van der Waals surface area contributed by atoms with E-state index in [2.05, 4.69) is 5.32 Å². The Morgan fingerprint density at radius 1 is 1.07 bits per heavy atom. The average Bonchev–Trinajstić information content (AvgIpc) is 3.15. The lowest BCUT2D eigenvalue weighted by molar-refractivity contribution is -0.160. The summed E-state index contributed by atoms with van der Waals surface area (Å²) in [6.07, 6.45) is -1.83. The second-order valence-electron chi connectivity index (χ2n) is 6.20. The first kappa shape index (κ1) is 19.8. The Morgan fingerprint density at radius 3 is 2.54 bits per heavy atom. The van der Waals surface area contributed by atoms with Crippen LogP contribution in [-0.4, -0.2) is 30.9 Å². The van der Waals surface area contributed by atoms with Crippen LogP contribution in [0, 0.1) is 0 Å². The molecule has 0 fully saturated rings. The highest BCUT2D eigenvalue weighted by Gasteiger charge is 2.23. The van der Waals surface area contributed by atoms with Gasteiger partial charge in [-0.15, -0.1) is 0 Å². The molecule has 0 saturated heterocycles. The van der Waals surface area contributed by atoms with E-state index in [0.717, 1.165) is 5.56 Å². The van der Waals surface area contributed by atoms with Crippen LogP contribution in [0.3, 0.4) is 0 Å². The lowest BCUT2D eigenvalue weighted by atomic mass is 10.2. The highest BCUT2D eigenvalue weighted by atomic mass is 35.5. The Balaban J connectivity index is 1.46. The number of ether oxygens (including phenoxy) is 4. The second kappa shape index (κ2) is 8.84. The monoisotopic (exact) mass is 405 g/mol. The van der Waals surface area contributed by atoms with Gasteiger partial charge in [-0.2, -0.15) is 0 Å². The number of carbonyl (C=O) groups excluding carboxylic acids is 2. The van der Waals surface area contributed by atoms with E-state index in [1.807, 2.05) is 6.07 Å². The van der Waals surface area contributed by atoms with Gasteiger partial charge in [0.05, 0.1) is 0 Å².